The molecule has 2 saturated heterocycles. The summed E-state index contributed by atoms with van der Waals surface area (Å²) in [6, 6.07) is 14.0. The normalized spacial score (nSPS) is 17.3. The number of benzene rings is 2. The van der Waals surface area contributed by atoms with E-state index in [9.17, 15) is 19.2 Å². The van der Waals surface area contributed by atoms with Crippen molar-refractivity contribution >= 4 is 32.8 Å². The van der Waals surface area contributed by atoms with Gasteiger partial charge in [-0.2, -0.15) is 0 Å². The van der Waals surface area contributed by atoms with Crippen LogP contribution in [0.4, 0.5) is 9.59 Å². The Labute approximate surface area is 346 Å². The van der Waals surface area contributed by atoms with Gasteiger partial charge in [-0.3, -0.25) is 9.59 Å². The number of H-pyrrole nitrogens is 2. The molecule has 2 aromatic carbocycles. The Bertz CT molecular complexity index is 2050. The molecular formula is C42H55N8O8Si. The number of carbonyl (C=O) groups is 4. The summed E-state index contributed by atoms with van der Waals surface area (Å²) in [4.78, 5) is 69.5. The van der Waals surface area contributed by atoms with Crippen molar-refractivity contribution in [1.29, 1.82) is 0 Å². The monoisotopic (exact) mass is 827 g/mol. The van der Waals surface area contributed by atoms with Crippen LogP contribution in [0.3, 0.4) is 0 Å². The van der Waals surface area contributed by atoms with Crippen molar-refractivity contribution in [3.63, 3.8) is 0 Å². The van der Waals surface area contributed by atoms with Crippen molar-refractivity contribution < 1.29 is 38.1 Å². The standard InChI is InChI=1S/C42H55N8O8Si/c1-25(2)35(48-41(53)55-3)39(51)47-33(24-59(5)6)37-43-23-32(45-37)28-9-7-10-30(21-28)58-29-14-12-26(13-15-29)31-22-44-38(46-31)34-11-8-18-50(34)40(52)36(49-42(54)56-4)27-16-19-57-20-17-27/h7,9-10,12-15,21-23,25,27,33-36H,8,11,16-20,24H2,1-6H3,(H,43,45)(H,44,46)(H,47,51)(H,48,53)(H,49,54)/t33?,34-,35-,36-/m0/s1. The molecule has 59 heavy (non-hydrogen) atoms. The number of aromatic nitrogens is 4. The van der Waals surface area contributed by atoms with Gasteiger partial charge < -0.3 is 49.8 Å². The van der Waals surface area contributed by atoms with Crippen LogP contribution < -0.4 is 20.7 Å². The first kappa shape index (κ1) is 42.9. The van der Waals surface area contributed by atoms with Gasteiger partial charge in [-0.15, -0.1) is 0 Å². The van der Waals surface area contributed by atoms with E-state index < -0.39 is 33.1 Å². The van der Waals surface area contributed by atoms with E-state index in [1.807, 2.05) is 67.3 Å². The molecule has 17 heteroatoms. The fourth-order valence-electron chi connectivity index (χ4n) is 7.60. The van der Waals surface area contributed by atoms with Gasteiger partial charge in [0.05, 0.1) is 50.1 Å². The summed E-state index contributed by atoms with van der Waals surface area (Å²) in [6.07, 6.45) is 5.19. The third-order valence-corrected chi connectivity index (χ3v) is 11.9. The third kappa shape index (κ3) is 10.9. The van der Waals surface area contributed by atoms with E-state index >= 15 is 0 Å². The Kier molecular flexibility index (Phi) is 14.4. The maximum absolute atomic E-state index is 13.9. The summed E-state index contributed by atoms with van der Waals surface area (Å²) >= 11 is 0. The number of ether oxygens (including phenoxy) is 4. The minimum atomic E-state index is -0.778. The maximum atomic E-state index is 13.9. The van der Waals surface area contributed by atoms with Crippen molar-refractivity contribution in [2.45, 2.75) is 82.8 Å². The van der Waals surface area contributed by atoms with Gasteiger partial charge >= 0.3 is 12.2 Å². The van der Waals surface area contributed by atoms with Gasteiger partial charge in [0, 0.05) is 34.1 Å². The van der Waals surface area contributed by atoms with Gasteiger partial charge in [0.25, 0.3) is 0 Å². The molecule has 0 bridgehead atoms. The first-order chi connectivity index (χ1) is 28.4. The summed E-state index contributed by atoms with van der Waals surface area (Å²) in [7, 11) is 1.79. The van der Waals surface area contributed by atoms with E-state index in [1.54, 1.807) is 12.4 Å². The summed E-state index contributed by atoms with van der Waals surface area (Å²) < 4.78 is 21.4. The summed E-state index contributed by atoms with van der Waals surface area (Å²) in [6.45, 7) is 9.75. The van der Waals surface area contributed by atoms with Gasteiger partial charge in [-0.05, 0) is 85.5 Å². The summed E-state index contributed by atoms with van der Waals surface area (Å²) in [5, 5.41) is 8.54. The average Bonchev–Trinajstić information content (AvgIpc) is 4.04. The van der Waals surface area contributed by atoms with Gasteiger partial charge in [0.15, 0.2) is 0 Å². The van der Waals surface area contributed by atoms with Crippen LogP contribution in [0.15, 0.2) is 60.9 Å². The predicted molar refractivity (Wildman–Crippen MR) is 222 cm³/mol. The van der Waals surface area contributed by atoms with Crippen LogP contribution in [0.2, 0.25) is 19.1 Å². The topological polar surface area (TPSA) is 202 Å². The molecule has 4 aromatic rings. The largest absolute Gasteiger partial charge is 0.457 e. The molecule has 315 valence electrons. The molecule has 6 rings (SSSR count). The smallest absolute Gasteiger partial charge is 0.407 e. The number of carbonyl (C=O) groups excluding carboxylic acids is 4. The number of imidazole rings is 2. The zero-order valence-electron chi connectivity index (χ0n) is 34.5. The van der Waals surface area contributed by atoms with E-state index in [2.05, 4.69) is 44.0 Å². The number of hydrogen-bond acceptors (Lipinski definition) is 10. The highest BCUT2D eigenvalue weighted by Gasteiger charge is 2.40. The molecule has 0 saturated carbocycles. The predicted octanol–water partition coefficient (Wildman–Crippen LogP) is 6.37. The van der Waals surface area contributed by atoms with Crippen molar-refractivity contribution in [3.05, 3.63) is 72.6 Å². The zero-order valence-corrected chi connectivity index (χ0v) is 35.5. The van der Waals surface area contributed by atoms with Crippen LogP contribution in [0.1, 0.15) is 63.3 Å². The maximum Gasteiger partial charge on any atom is 0.407 e. The Morgan fingerprint density at radius 2 is 1.56 bits per heavy atom. The molecule has 2 aromatic heterocycles. The van der Waals surface area contributed by atoms with E-state index in [-0.39, 0.29) is 35.7 Å². The summed E-state index contributed by atoms with van der Waals surface area (Å²) in [5.41, 5.74) is 3.35. The second kappa shape index (κ2) is 19.8. The van der Waals surface area contributed by atoms with Gasteiger partial charge in [0.1, 0.15) is 35.2 Å². The lowest BCUT2D eigenvalue weighted by Gasteiger charge is -2.34. The lowest BCUT2D eigenvalue weighted by Crippen LogP contribution is -2.53. The molecule has 2 aliphatic heterocycles. The first-order valence-corrected chi connectivity index (χ1v) is 22.8. The van der Waals surface area contributed by atoms with Gasteiger partial charge in [-0.25, -0.2) is 19.6 Å². The van der Waals surface area contributed by atoms with Crippen LogP contribution in [-0.2, 0) is 23.8 Å². The van der Waals surface area contributed by atoms with Crippen molar-refractivity contribution in [2.75, 3.05) is 34.0 Å². The number of likely N-dealkylation sites (tertiary alicyclic amines) is 1. The SMILES string of the molecule is COC(=O)N[C@H](C(=O)NC(C[Si](C)C)c1ncc(-c2cccc(Oc3ccc(-c4cnc([C@@H]5CCCN5C(=O)[C@@H](NC(=O)OC)C5CCOCC5)[nH]4)cc3)c2)[nH]1)C(C)C. The Morgan fingerprint density at radius 3 is 2.25 bits per heavy atom. The molecule has 1 unspecified atom stereocenters. The average molecular weight is 828 g/mol. The van der Waals surface area contributed by atoms with E-state index in [1.165, 1.54) is 14.2 Å². The molecule has 16 nitrogen and oxygen atoms in total. The van der Waals surface area contributed by atoms with Crippen molar-refractivity contribution in [1.82, 2.24) is 40.8 Å². The van der Waals surface area contributed by atoms with E-state index in [0.717, 1.165) is 41.4 Å². The molecule has 2 aliphatic rings. The lowest BCUT2D eigenvalue weighted by molar-refractivity contribution is -0.136. The van der Waals surface area contributed by atoms with Crippen LogP contribution in [0.5, 0.6) is 11.5 Å². The molecule has 0 aliphatic carbocycles. The molecule has 1 radical (unpaired) electrons. The zero-order chi connectivity index (χ0) is 42.1. The Hall–Kier alpha value is -5.68. The Balaban J connectivity index is 1.11. The minimum absolute atomic E-state index is 0.0394. The quantitative estimate of drug-likeness (QED) is 0.0839. The second-order valence-electron chi connectivity index (χ2n) is 15.6. The number of nitrogens with zero attached hydrogens (tertiary/aromatic N) is 3. The lowest BCUT2D eigenvalue weighted by atomic mass is 9.90. The van der Waals surface area contributed by atoms with Crippen LogP contribution in [0.25, 0.3) is 22.5 Å². The molecule has 4 heterocycles. The molecule has 5 N–H and O–H groups in total. The number of rotatable bonds is 15. The second-order valence-corrected chi connectivity index (χ2v) is 18.4. The Morgan fingerprint density at radius 1 is 0.864 bits per heavy atom. The van der Waals surface area contributed by atoms with Crippen molar-refractivity contribution in [3.8, 4) is 34.0 Å². The fourth-order valence-corrected chi connectivity index (χ4v) is 8.71. The molecule has 0 spiro atoms. The number of hydrogen-bond donors (Lipinski definition) is 5. The van der Waals surface area contributed by atoms with E-state index in [4.69, 9.17) is 23.9 Å². The minimum Gasteiger partial charge on any atom is -0.457 e. The first-order valence-electron chi connectivity index (χ1n) is 20.1. The number of amides is 4. The van der Waals surface area contributed by atoms with E-state index in [0.29, 0.717) is 55.7 Å². The molecule has 2 fully saturated rings. The van der Waals surface area contributed by atoms with Gasteiger partial charge in [0.2, 0.25) is 11.8 Å². The molecule has 4 amide bonds. The van der Waals surface area contributed by atoms with Crippen molar-refractivity contribution in [2.24, 2.45) is 11.8 Å². The highest BCUT2D eigenvalue weighted by Crippen LogP contribution is 2.35. The summed E-state index contributed by atoms with van der Waals surface area (Å²) in [5.74, 6) is 1.98. The molecule has 4 atom stereocenters. The number of nitrogens with one attached hydrogen (secondary N) is 5. The van der Waals surface area contributed by atoms with Gasteiger partial charge in [-0.1, -0.05) is 39.1 Å². The third-order valence-electron chi connectivity index (χ3n) is 10.7. The number of alkyl carbamates (subject to hydrolysis) is 2. The van der Waals surface area contributed by atoms with Crippen LogP contribution in [-0.4, -0.2) is 104 Å². The highest BCUT2D eigenvalue weighted by atomic mass is 28.3. The van der Waals surface area contributed by atoms with Crippen LogP contribution in [0, 0.1) is 11.8 Å². The highest BCUT2D eigenvalue weighted by molar-refractivity contribution is 6.55. The van der Waals surface area contributed by atoms with Crippen LogP contribution >= 0.6 is 0 Å². The molecular weight excluding hydrogens is 773 g/mol. The fraction of sp³-hybridized carbons (Fsp3) is 0.476. The number of methoxy groups -OCH3 is 2. The number of aromatic amines is 2.